The fraction of sp³-hybridized carbons (Fsp3) is 0.955. The molecule has 0 aromatic carbocycles. The molecule has 19 heteroatoms. The lowest BCUT2D eigenvalue weighted by Crippen LogP contribution is -2.30. The Morgan fingerprint density at radius 1 is 0.262 bits per heavy atom. The lowest BCUT2D eigenvalue weighted by molar-refractivity contribution is -0.161. The lowest BCUT2D eigenvalue weighted by atomic mass is 9.99. The van der Waals surface area contributed by atoms with Crippen LogP contribution in [0.4, 0.5) is 0 Å². The molecule has 0 bridgehead atoms. The van der Waals surface area contributed by atoms with Gasteiger partial charge in [-0.3, -0.25) is 37.3 Å². The third-order valence-corrected chi connectivity index (χ3v) is 23.0. The molecule has 0 rings (SSSR count). The number of unbranched alkanes of at least 4 members (excludes halogenated alkanes) is 59. The van der Waals surface area contributed by atoms with E-state index in [0.717, 1.165) is 95.8 Å². The van der Waals surface area contributed by atoms with Crippen LogP contribution in [0.15, 0.2) is 0 Å². The highest BCUT2D eigenvalue weighted by Crippen LogP contribution is 2.45. The molecule has 6 atom stereocenters. The third kappa shape index (κ3) is 80.5. The highest BCUT2D eigenvalue weighted by Gasteiger charge is 2.30. The molecule has 0 saturated heterocycles. The fourth-order valence-corrected chi connectivity index (χ4v) is 15.4. The first-order chi connectivity index (χ1) is 52.1. The molecule has 0 aliphatic rings. The maximum atomic E-state index is 13.2. The Morgan fingerprint density at radius 3 is 0.664 bits per heavy atom. The van der Waals surface area contributed by atoms with E-state index in [1.807, 2.05) is 0 Å². The number of hydrogen-bond acceptors (Lipinski definition) is 15. The molecule has 0 aromatic heterocycles. The Balaban J connectivity index is 5.25. The zero-order valence-electron chi connectivity index (χ0n) is 70.3. The van der Waals surface area contributed by atoms with Gasteiger partial charge in [-0.05, 0) is 31.6 Å². The number of ether oxygens (including phenoxy) is 4. The van der Waals surface area contributed by atoms with Gasteiger partial charge in [0.15, 0.2) is 12.2 Å². The molecule has 0 aromatic rings. The van der Waals surface area contributed by atoms with Crippen LogP contribution in [0.2, 0.25) is 0 Å². The molecule has 636 valence electrons. The molecule has 0 saturated carbocycles. The number of carbonyl (C=O) groups is 4. The van der Waals surface area contributed by atoms with E-state index in [9.17, 15) is 43.2 Å². The summed E-state index contributed by atoms with van der Waals surface area (Å²) < 4.78 is 69.0. The predicted molar refractivity (Wildman–Crippen MR) is 442 cm³/mol. The van der Waals surface area contributed by atoms with Gasteiger partial charge in [0.25, 0.3) is 0 Å². The first-order valence-electron chi connectivity index (χ1n) is 45.7. The molecule has 0 aliphatic heterocycles. The van der Waals surface area contributed by atoms with Crippen molar-refractivity contribution in [3.63, 3.8) is 0 Å². The van der Waals surface area contributed by atoms with Crippen LogP contribution in [0.25, 0.3) is 0 Å². The van der Waals surface area contributed by atoms with E-state index in [-0.39, 0.29) is 25.7 Å². The molecule has 0 aliphatic carbocycles. The van der Waals surface area contributed by atoms with E-state index in [2.05, 4.69) is 34.6 Å². The Hall–Kier alpha value is -1.94. The summed E-state index contributed by atoms with van der Waals surface area (Å²) in [6.45, 7) is 7.44. The zero-order chi connectivity index (χ0) is 78.3. The molecule has 0 amide bonds. The van der Waals surface area contributed by atoms with Crippen molar-refractivity contribution < 1.29 is 80.2 Å². The standard InChI is InChI=1S/C88H172O17P2/c1-6-10-13-16-19-22-25-28-30-32-33-34-35-36-38-44-49-54-59-64-69-74-88(93)105-84(78-99-86(91)72-67-62-57-52-47-42-40-39-41-45-50-55-60-65-70-81(5)9-4)80-103-107(96,97)101-76-82(89)75-100-106(94,95)102-79-83(77-98-85(90)71-66-61-56-51-46-27-24-21-18-15-12-8-3)104-87(92)73-68-63-58-53-48-43-37-31-29-26-23-20-17-14-11-7-2/h81-84,89H,6-80H2,1-5H3,(H,94,95)(H,96,97)/t81?,82-,83+,84+/m0/s1. The summed E-state index contributed by atoms with van der Waals surface area (Å²) in [6, 6.07) is 0. The molecule has 3 N–H and O–H groups in total. The number of aliphatic hydroxyl groups is 1. The number of aliphatic hydroxyl groups excluding tert-OH is 1. The Bertz CT molecular complexity index is 2030. The summed E-state index contributed by atoms with van der Waals surface area (Å²) in [4.78, 5) is 73.3. The van der Waals surface area contributed by atoms with Crippen LogP contribution in [-0.4, -0.2) is 96.7 Å². The van der Waals surface area contributed by atoms with E-state index < -0.39 is 97.5 Å². The van der Waals surface area contributed by atoms with Crippen LogP contribution in [0.3, 0.4) is 0 Å². The molecule has 3 unspecified atom stereocenters. The van der Waals surface area contributed by atoms with Crippen molar-refractivity contribution in [2.75, 3.05) is 39.6 Å². The van der Waals surface area contributed by atoms with E-state index in [1.54, 1.807) is 0 Å². The van der Waals surface area contributed by atoms with Gasteiger partial charge in [0.1, 0.15) is 19.3 Å². The number of esters is 4. The summed E-state index contributed by atoms with van der Waals surface area (Å²) >= 11 is 0. The maximum Gasteiger partial charge on any atom is 0.472 e. The van der Waals surface area contributed by atoms with Crippen molar-refractivity contribution in [2.45, 2.75) is 496 Å². The smallest absolute Gasteiger partial charge is 0.462 e. The quantitative estimate of drug-likeness (QED) is 0.0222. The molecule has 17 nitrogen and oxygen atoms in total. The Morgan fingerprint density at radius 2 is 0.449 bits per heavy atom. The normalized spacial score (nSPS) is 14.0. The van der Waals surface area contributed by atoms with Crippen LogP contribution in [0.1, 0.15) is 478 Å². The predicted octanol–water partition coefficient (Wildman–Crippen LogP) is 27.2. The Labute approximate surface area is 658 Å². The first kappa shape index (κ1) is 105. The van der Waals surface area contributed by atoms with E-state index >= 15 is 0 Å². The number of carbonyl (C=O) groups excluding carboxylic acids is 4. The van der Waals surface area contributed by atoms with Gasteiger partial charge in [0.05, 0.1) is 26.4 Å². The van der Waals surface area contributed by atoms with Gasteiger partial charge in [-0.1, -0.05) is 426 Å². The molecule has 0 heterocycles. The van der Waals surface area contributed by atoms with Gasteiger partial charge in [-0.25, -0.2) is 9.13 Å². The minimum Gasteiger partial charge on any atom is -0.462 e. The average molecular weight is 1560 g/mol. The molecule has 0 spiro atoms. The monoisotopic (exact) mass is 1560 g/mol. The van der Waals surface area contributed by atoms with Crippen molar-refractivity contribution in [3.05, 3.63) is 0 Å². The van der Waals surface area contributed by atoms with Crippen LogP contribution in [-0.2, 0) is 65.4 Å². The number of rotatable bonds is 88. The summed E-state index contributed by atoms with van der Waals surface area (Å²) in [7, 11) is -9.93. The summed E-state index contributed by atoms with van der Waals surface area (Å²) in [5, 5.41) is 10.7. The van der Waals surface area contributed by atoms with Crippen molar-refractivity contribution in [1.29, 1.82) is 0 Å². The third-order valence-electron chi connectivity index (χ3n) is 21.1. The summed E-state index contributed by atoms with van der Waals surface area (Å²) in [5.74, 6) is -1.25. The number of hydrogen-bond donors (Lipinski definition) is 3. The minimum atomic E-state index is -4.97. The van der Waals surface area contributed by atoms with Gasteiger partial charge in [0, 0.05) is 25.7 Å². The van der Waals surface area contributed by atoms with Gasteiger partial charge >= 0.3 is 39.5 Å². The van der Waals surface area contributed by atoms with Gasteiger partial charge in [-0.15, -0.1) is 0 Å². The van der Waals surface area contributed by atoms with Gasteiger partial charge in [-0.2, -0.15) is 0 Å². The van der Waals surface area contributed by atoms with Crippen LogP contribution in [0.5, 0.6) is 0 Å². The average Bonchev–Trinajstić information content (AvgIpc) is 0.905. The summed E-state index contributed by atoms with van der Waals surface area (Å²) in [5.41, 5.74) is 0. The number of phosphoric ester groups is 2. The van der Waals surface area contributed by atoms with E-state index in [4.69, 9.17) is 37.0 Å². The second kappa shape index (κ2) is 80.7. The Kier molecular flexibility index (Phi) is 79.2. The van der Waals surface area contributed by atoms with Crippen molar-refractivity contribution >= 4 is 39.5 Å². The molecule has 107 heavy (non-hydrogen) atoms. The van der Waals surface area contributed by atoms with Crippen molar-refractivity contribution in [1.82, 2.24) is 0 Å². The van der Waals surface area contributed by atoms with Gasteiger partial charge in [0.2, 0.25) is 0 Å². The van der Waals surface area contributed by atoms with Crippen LogP contribution >= 0.6 is 15.6 Å². The number of phosphoric acid groups is 2. The van der Waals surface area contributed by atoms with Crippen molar-refractivity contribution in [2.24, 2.45) is 5.92 Å². The van der Waals surface area contributed by atoms with Gasteiger partial charge < -0.3 is 33.8 Å². The minimum absolute atomic E-state index is 0.109. The highest BCUT2D eigenvalue weighted by molar-refractivity contribution is 7.47. The fourth-order valence-electron chi connectivity index (χ4n) is 13.8. The van der Waals surface area contributed by atoms with E-state index in [0.29, 0.717) is 25.7 Å². The molecular formula is C88H172O17P2. The topological polar surface area (TPSA) is 237 Å². The molecule has 0 radical (unpaired) electrons. The molecular weight excluding hydrogens is 1390 g/mol. The first-order valence-corrected chi connectivity index (χ1v) is 48.7. The van der Waals surface area contributed by atoms with Crippen molar-refractivity contribution in [3.8, 4) is 0 Å². The lowest BCUT2D eigenvalue weighted by Gasteiger charge is -2.21. The van der Waals surface area contributed by atoms with Crippen LogP contribution in [0, 0.1) is 5.92 Å². The zero-order valence-corrected chi connectivity index (χ0v) is 72.1. The SMILES string of the molecule is CCCCCCCCCCCCCCCCCCCCCCCC(=O)O[C@H](COC(=O)CCCCCCCCCCCCCCCCC(C)CC)COP(=O)(O)OC[C@@H](O)COP(=O)(O)OC[C@@H](COC(=O)CCCCCCCCCCCCCC)OC(=O)CCCCCCCCCCCCCCCCCC. The maximum absolute atomic E-state index is 13.2. The summed E-state index contributed by atoms with van der Waals surface area (Å²) in [6.07, 6.45) is 74.8. The molecule has 0 fully saturated rings. The largest absolute Gasteiger partial charge is 0.472 e. The van der Waals surface area contributed by atoms with E-state index in [1.165, 1.54) is 302 Å². The second-order valence-corrected chi connectivity index (χ2v) is 34.8. The van der Waals surface area contributed by atoms with Crippen LogP contribution < -0.4 is 0 Å². The highest BCUT2D eigenvalue weighted by atomic mass is 31.2. The second-order valence-electron chi connectivity index (χ2n) is 31.9.